The maximum Gasteiger partial charge on any atom is 0.227 e. The van der Waals surface area contributed by atoms with Gasteiger partial charge in [-0.3, -0.25) is 4.79 Å². The van der Waals surface area contributed by atoms with Crippen molar-refractivity contribution in [1.29, 1.82) is 0 Å². The molecule has 1 aliphatic heterocycles. The molecule has 0 spiro atoms. The highest BCUT2D eigenvalue weighted by Crippen LogP contribution is 2.38. The number of hydrogen-bond acceptors (Lipinski definition) is 6. The number of aromatic nitrogens is 3. The average Bonchev–Trinajstić information content (AvgIpc) is 3.18. The molecule has 1 amide bonds. The van der Waals surface area contributed by atoms with Gasteiger partial charge in [-0.1, -0.05) is 5.16 Å². The second kappa shape index (κ2) is 6.63. The van der Waals surface area contributed by atoms with Gasteiger partial charge < -0.3 is 9.42 Å². The molecule has 2 aliphatic rings. The molecular weight excluding hydrogens is 324 g/mol. The second-order valence-corrected chi connectivity index (χ2v) is 7.64. The van der Waals surface area contributed by atoms with E-state index in [4.69, 9.17) is 4.52 Å². The summed E-state index contributed by atoms with van der Waals surface area (Å²) in [5.41, 5.74) is 1.03. The SMILES string of the molecule is Cc1csc(C2CCCCN2C(=O)CCc2nc(C3CC3)no2)n1. The molecule has 1 saturated carbocycles. The Bertz CT molecular complexity index is 722. The summed E-state index contributed by atoms with van der Waals surface area (Å²) in [5, 5.41) is 7.14. The van der Waals surface area contributed by atoms with Gasteiger partial charge in [-0.25, -0.2) is 4.98 Å². The number of thiazole rings is 1. The van der Waals surface area contributed by atoms with Gasteiger partial charge in [-0.15, -0.1) is 11.3 Å². The molecule has 3 heterocycles. The molecular formula is C17H22N4O2S. The Morgan fingerprint density at radius 2 is 2.21 bits per heavy atom. The molecule has 1 unspecified atom stereocenters. The first-order valence-corrected chi connectivity index (χ1v) is 9.62. The Morgan fingerprint density at radius 1 is 1.33 bits per heavy atom. The van der Waals surface area contributed by atoms with Gasteiger partial charge in [0.2, 0.25) is 11.8 Å². The second-order valence-electron chi connectivity index (χ2n) is 6.75. The molecule has 2 aromatic rings. The monoisotopic (exact) mass is 346 g/mol. The third kappa shape index (κ3) is 3.36. The van der Waals surface area contributed by atoms with Gasteiger partial charge in [0, 0.05) is 36.4 Å². The normalized spacial score (nSPS) is 21.2. The zero-order chi connectivity index (χ0) is 16.5. The predicted molar refractivity (Wildman–Crippen MR) is 89.8 cm³/mol. The van der Waals surface area contributed by atoms with E-state index in [2.05, 4.69) is 20.5 Å². The molecule has 1 aliphatic carbocycles. The van der Waals surface area contributed by atoms with Crippen LogP contribution in [0.3, 0.4) is 0 Å². The van der Waals surface area contributed by atoms with Crippen LogP contribution < -0.4 is 0 Å². The number of carbonyl (C=O) groups is 1. The summed E-state index contributed by atoms with van der Waals surface area (Å²) in [7, 11) is 0. The average molecular weight is 346 g/mol. The number of likely N-dealkylation sites (tertiary alicyclic amines) is 1. The summed E-state index contributed by atoms with van der Waals surface area (Å²) in [6, 6.07) is 0.134. The predicted octanol–water partition coefficient (Wildman–Crippen LogP) is 3.40. The highest BCUT2D eigenvalue weighted by molar-refractivity contribution is 7.09. The number of piperidine rings is 1. The van der Waals surface area contributed by atoms with E-state index in [0.29, 0.717) is 24.7 Å². The number of carbonyl (C=O) groups excluding carboxylic acids is 1. The lowest BCUT2D eigenvalue weighted by atomic mass is 10.0. The van der Waals surface area contributed by atoms with E-state index in [0.717, 1.165) is 55.2 Å². The van der Waals surface area contributed by atoms with Gasteiger partial charge in [0.25, 0.3) is 0 Å². The van der Waals surface area contributed by atoms with Crippen molar-refractivity contribution in [3.05, 3.63) is 27.8 Å². The minimum absolute atomic E-state index is 0.134. The maximum absolute atomic E-state index is 12.7. The Labute approximate surface area is 145 Å². The minimum atomic E-state index is 0.134. The lowest BCUT2D eigenvalue weighted by molar-refractivity contribution is -0.135. The van der Waals surface area contributed by atoms with E-state index in [1.165, 1.54) is 0 Å². The van der Waals surface area contributed by atoms with Gasteiger partial charge >= 0.3 is 0 Å². The van der Waals surface area contributed by atoms with Gasteiger partial charge in [0.1, 0.15) is 5.01 Å². The van der Waals surface area contributed by atoms with Crippen LogP contribution in [-0.2, 0) is 11.2 Å². The highest BCUT2D eigenvalue weighted by Gasteiger charge is 2.31. The summed E-state index contributed by atoms with van der Waals surface area (Å²) in [6.07, 6.45) is 6.48. The van der Waals surface area contributed by atoms with E-state index in [1.807, 2.05) is 11.8 Å². The fourth-order valence-corrected chi connectivity index (χ4v) is 4.19. The van der Waals surface area contributed by atoms with Crippen LogP contribution in [0, 0.1) is 6.92 Å². The summed E-state index contributed by atoms with van der Waals surface area (Å²) in [4.78, 5) is 23.7. The van der Waals surface area contributed by atoms with Crippen molar-refractivity contribution in [1.82, 2.24) is 20.0 Å². The molecule has 0 bridgehead atoms. The van der Waals surface area contributed by atoms with Crippen molar-refractivity contribution in [2.24, 2.45) is 0 Å². The molecule has 0 radical (unpaired) electrons. The quantitative estimate of drug-likeness (QED) is 0.830. The number of hydrogen-bond donors (Lipinski definition) is 0. The number of aryl methyl sites for hydroxylation is 2. The Morgan fingerprint density at radius 3 is 2.96 bits per heavy atom. The third-order valence-corrected chi connectivity index (χ3v) is 5.79. The maximum atomic E-state index is 12.7. The Hall–Kier alpha value is -1.76. The summed E-state index contributed by atoms with van der Waals surface area (Å²) in [5.74, 6) is 2.05. The largest absolute Gasteiger partial charge is 0.339 e. The molecule has 7 heteroatoms. The van der Waals surface area contributed by atoms with E-state index < -0.39 is 0 Å². The van der Waals surface area contributed by atoms with Crippen molar-refractivity contribution in [2.75, 3.05) is 6.54 Å². The van der Waals surface area contributed by atoms with E-state index in [-0.39, 0.29) is 11.9 Å². The first kappa shape index (κ1) is 15.7. The van der Waals surface area contributed by atoms with E-state index in [1.54, 1.807) is 11.3 Å². The van der Waals surface area contributed by atoms with Crippen LogP contribution in [0.1, 0.15) is 72.9 Å². The molecule has 24 heavy (non-hydrogen) atoms. The third-order valence-electron chi connectivity index (χ3n) is 4.72. The van der Waals surface area contributed by atoms with E-state index in [9.17, 15) is 4.79 Å². The lowest BCUT2D eigenvalue weighted by Gasteiger charge is -2.34. The standard InChI is InChI=1S/C17H22N4O2S/c1-11-10-24-17(18-11)13-4-2-3-9-21(13)15(22)8-7-14-19-16(20-23-14)12-5-6-12/h10,12-13H,2-9H2,1H3. The van der Waals surface area contributed by atoms with Crippen LogP contribution >= 0.6 is 11.3 Å². The summed E-state index contributed by atoms with van der Waals surface area (Å²) in [6.45, 7) is 2.82. The Balaban J connectivity index is 1.39. The molecule has 6 nitrogen and oxygen atoms in total. The Kier molecular flexibility index (Phi) is 4.35. The van der Waals surface area contributed by atoms with Crippen LogP contribution in [0.25, 0.3) is 0 Å². The van der Waals surface area contributed by atoms with Crippen LogP contribution in [-0.4, -0.2) is 32.5 Å². The van der Waals surface area contributed by atoms with Crippen molar-refractivity contribution < 1.29 is 9.32 Å². The number of rotatable bonds is 5. The zero-order valence-corrected chi connectivity index (χ0v) is 14.7. The van der Waals surface area contributed by atoms with E-state index >= 15 is 0 Å². The summed E-state index contributed by atoms with van der Waals surface area (Å²) >= 11 is 1.66. The van der Waals surface area contributed by atoms with Gasteiger partial charge in [0.05, 0.1) is 6.04 Å². The first-order chi connectivity index (χ1) is 11.7. The fourth-order valence-electron chi connectivity index (χ4n) is 3.25. The number of nitrogens with zero attached hydrogens (tertiary/aromatic N) is 4. The molecule has 128 valence electrons. The smallest absolute Gasteiger partial charge is 0.227 e. The summed E-state index contributed by atoms with van der Waals surface area (Å²) < 4.78 is 5.28. The van der Waals surface area contributed by atoms with Crippen molar-refractivity contribution in [3.8, 4) is 0 Å². The van der Waals surface area contributed by atoms with Crippen molar-refractivity contribution >= 4 is 17.2 Å². The minimum Gasteiger partial charge on any atom is -0.339 e. The van der Waals surface area contributed by atoms with Gasteiger partial charge in [-0.2, -0.15) is 4.98 Å². The lowest BCUT2D eigenvalue weighted by Crippen LogP contribution is -2.38. The van der Waals surface area contributed by atoms with Crippen LogP contribution in [0.4, 0.5) is 0 Å². The van der Waals surface area contributed by atoms with Crippen molar-refractivity contribution in [3.63, 3.8) is 0 Å². The van der Waals surface area contributed by atoms with Crippen LogP contribution in [0.2, 0.25) is 0 Å². The molecule has 1 saturated heterocycles. The van der Waals surface area contributed by atoms with Crippen LogP contribution in [0.5, 0.6) is 0 Å². The molecule has 4 rings (SSSR count). The zero-order valence-electron chi connectivity index (χ0n) is 13.9. The van der Waals surface area contributed by atoms with Crippen LogP contribution in [0.15, 0.2) is 9.90 Å². The molecule has 0 aromatic carbocycles. The fraction of sp³-hybridized carbons (Fsp3) is 0.647. The molecule has 1 atom stereocenters. The highest BCUT2D eigenvalue weighted by atomic mass is 32.1. The van der Waals surface area contributed by atoms with Crippen molar-refractivity contribution in [2.45, 2.75) is 63.8 Å². The van der Waals surface area contributed by atoms with Gasteiger partial charge in [-0.05, 0) is 39.0 Å². The van der Waals surface area contributed by atoms with Gasteiger partial charge in [0.15, 0.2) is 5.82 Å². The molecule has 0 N–H and O–H groups in total. The molecule has 2 aromatic heterocycles. The number of amides is 1. The topological polar surface area (TPSA) is 72.1 Å². The molecule has 2 fully saturated rings. The first-order valence-electron chi connectivity index (χ1n) is 8.74.